The highest BCUT2D eigenvalue weighted by Gasteiger charge is 2.16. The molecule has 0 atom stereocenters. The Kier molecular flexibility index (Phi) is 3.64. The molecule has 1 N–H and O–H groups in total. The van der Waals surface area contributed by atoms with Gasteiger partial charge in [0.05, 0.1) is 24.9 Å². The fourth-order valence-electron chi connectivity index (χ4n) is 0.971. The molecular weight excluding hydrogens is 208 g/mol. The molecule has 0 saturated carbocycles. The molecule has 0 aliphatic carbocycles. The predicted octanol–water partition coefficient (Wildman–Crippen LogP) is 0.894. The van der Waals surface area contributed by atoms with Gasteiger partial charge in [0.15, 0.2) is 0 Å². The summed E-state index contributed by atoms with van der Waals surface area (Å²) >= 11 is 5.18. The first kappa shape index (κ1) is 10.7. The van der Waals surface area contributed by atoms with Crippen LogP contribution in [0.2, 0.25) is 0 Å². The topological polar surface area (TPSA) is 72.0 Å². The molecule has 1 aromatic heterocycles. The van der Waals surface area contributed by atoms with Crippen molar-refractivity contribution in [2.45, 2.75) is 13.3 Å². The van der Waals surface area contributed by atoms with Gasteiger partial charge in [-0.1, -0.05) is 0 Å². The van der Waals surface area contributed by atoms with Crippen molar-refractivity contribution in [1.29, 1.82) is 0 Å². The van der Waals surface area contributed by atoms with E-state index in [4.69, 9.17) is 16.3 Å². The van der Waals surface area contributed by atoms with Gasteiger partial charge in [-0.05, 0) is 18.5 Å². The zero-order valence-electron chi connectivity index (χ0n) is 7.54. The number of rotatable bonds is 4. The molecule has 14 heavy (non-hydrogen) atoms. The van der Waals surface area contributed by atoms with Gasteiger partial charge < -0.3 is 4.74 Å². The summed E-state index contributed by atoms with van der Waals surface area (Å²) in [7, 11) is 0. The van der Waals surface area contributed by atoms with Gasteiger partial charge in [0.1, 0.15) is 5.56 Å². The Hall–Kier alpha value is -1.36. The van der Waals surface area contributed by atoms with Crippen LogP contribution in [0.5, 0.6) is 0 Å². The highest BCUT2D eigenvalue weighted by Crippen LogP contribution is 2.08. The number of aromatic amines is 1. The lowest BCUT2D eigenvalue weighted by Crippen LogP contribution is -2.08. The third kappa shape index (κ3) is 2.56. The highest BCUT2D eigenvalue weighted by molar-refractivity contribution is 6.63. The molecule has 0 bridgehead atoms. The zero-order valence-corrected chi connectivity index (χ0v) is 8.30. The van der Waals surface area contributed by atoms with Crippen molar-refractivity contribution in [3.8, 4) is 0 Å². The molecule has 1 rings (SSSR count). The Labute approximate surface area is 85.4 Å². The fraction of sp³-hybridized carbons (Fsp3) is 0.375. The van der Waals surface area contributed by atoms with Crippen LogP contribution in [0.3, 0.4) is 0 Å². The second-order valence-electron chi connectivity index (χ2n) is 2.51. The number of carbonyl (C=O) groups is 2. The normalized spacial score (nSPS) is 9.86. The van der Waals surface area contributed by atoms with Gasteiger partial charge >= 0.3 is 5.97 Å². The maximum Gasteiger partial charge on any atom is 0.341 e. The highest BCUT2D eigenvalue weighted by atomic mass is 35.5. The molecule has 0 amide bonds. The minimum absolute atomic E-state index is 0.0598. The third-order valence-corrected chi connectivity index (χ3v) is 1.66. The van der Waals surface area contributed by atoms with Crippen molar-refractivity contribution in [1.82, 2.24) is 10.2 Å². The second kappa shape index (κ2) is 4.76. The molecule has 6 heteroatoms. The second-order valence-corrected chi connectivity index (χ2v) is 2.94. The molecule has 0 unspecified atom stereocenters. The van der Waals surface area contributed by atoms with Crippen LogP contribution in [-0.4, -0.2) is 28.0 Å². The van der Waals surface area contributed by atoms with Crippen LogP contribution >= 0.6 is 11.6 Å². The summed E-state index contributed by atoms with van der Waals surface area (Å²) < 4.78 is 4.76. The summed E-state index contributed by atoms with van der Waals surface area (Å²) in [6.45, 7) is 1.97. The number of hydrogen-bond acceptors (Lipinski definition) is 4. The van der Waals surface area contributed by atoms with E-state index in [-0.39, 0.29) is 18.6 Å². The number of H-pyrrole nitrogens is 1. The van der Waals surface area contributed by atoms with Gasteiger partial charge in [-0.25, -0.2) is 4.79 Å². The van der Waals surface area contributed by atoms with Crippen LogP contribution in [0, 0.1) is 0 Å². The summed E-state index contributed by atoms with van der Waals surface area (Å²) in [5.74, 6) is -0.505. The summed E-state index contributed by atoms with van der Waals surface area (Å²) in [6.07, 6.45) is 1.25. The average molecular weight is 217 g/mol. The van der Waals surface area contributed by atoms with Crippen molar-refractivity contribution in [3.63, 3.8) is 0 Å². The Morgan fingerprint density at radius 3 is 2.93 bits per heavy atom. The number of hydrogen-bond donors (Lipinski definition) is 1. The molecule has 0 fully saturated rings. The van der Waals surface area contributed by atoms with Gasteiger partial charge in [-0.15, -0.1) is 0 Å². The molecule has 0 aromatic carbocycles. The molecule has 0 radical (unpaired) electrons. The maximum absolute atomic E-state index is 11.3. The van der Waals surface area contributed by atoms with Crippen molar-refractivity contribution >= 4 is 22.8 Å². The Morgan fingerprint density at radius 2 is 2.36 bits per heavy atom. The number of aromatic nitrogens is 2. The number of halogens is 1. The molecule has 1 aromatic rings. The Morgan fingerprint density at radius 1 is 1.64 bits per heavy atom. The molecular formula is C8H9ClN2O3. The van der Waals surface area contributed by atoms with E-state index in [1.807, 2.05) is 0 Å². The van der Waals surface area contributed by atoms with E-state index >= 15 is 0 Å². The number of ether oxygens (including phenoxy) is 1. The lowest BCUT2D eigenvalue weighted by molar-refractivity contribution is -0.111. The average Bonchev–Trinajstić information content (AvgIpc) is 2.51. The van der Waals surface area contributed by atoms with Crippen molar-refractivity contribution < 1.29 is 14.3 Å². The molecule has 5 nitrogen and oxygen atoms in total. The van der Waals surface area contributed by atoms with E-state index < -0.39 is 11.2 Å². The Balaban J connectivity index is 2.81. The largest absolute Gasteiger partial charge is 0.462 e. The van der Waals surface area contributed by atoms with Crippen LogP contribution in [0.1, 0.15) is 23.0 Å². The lowest BCUT2D eigenvalue weighted by Gasteiger charge is -2.00. The van der Waals surface area contributed by atoms with Crippen molar-refractivity contribution in [2.24, 2.45) is 0 Å². The number of nitrogens with zero attached hydrogens (tertiary/aromatic N) is 1. The summed E-state index contributed by atoms with van der Waals surface area (Å²) in [6, 6.07) is 0. The van der Waals surface area contributed by atoms with E-state index in [2.05, 4.69) is 10.2 Å². The molecule has 0 aliphatic heterocycles. The van der Waals surface area contributed by atoms with Crippen molar-refractivity contribution in [3.05, 3.63) is 17.5 Å². The molecule has 1 heterocycles. The van der Waals surface area contributed by atoms with Gasteiger partial charge in [0.25, 0.3) is 0 Å². The smallest absolute Gasteiger partial charge is 0.341 e. The first-order valence-electron chi connectivity index (χ1n) is 4.02. The van der Waals surface area contributed by atoms with Gasteiger partial charge in [0, 0.05) is 0 Å². The van der Waals surface area contributed by atoms with E-state index in [1.165, 1.54) is 6.20 Å². The van der Waals surface area contributed by atoms with Gasteiger partial charge in [0.2, 0.25) is 5.24 Å². The quantitative estimate of drug-likeness (QED) is 0.600. The third-order valence-electron chi connectivity index (χ3n) is 1.53. The number of carbonyl (C=O) groups excluding carboxylic acids is 2. The maximum atomic E-state index is 11.3. The molecule has 0 aliphatic rings. The minimum Gasteiger partial charge on any atom is -0.462 e. The van der Waals surface area contributed by atoms with E-state index in [9.17, 15) is 9.59 Å². The summed E-state index contributed by atoms with van der Waals surface area (Å²) in [5, 5.41) is 5.61. The number of esters is 1. The van der Waals surface area contributed by atoms with Crippen LogP contribution in [-0.2, 0) is 16.0 Å². The van der Waals surface area contributed by atoms with Crippen LogP contribution in [0.4, 0.5) is 0 Å². The molecule has 76 valence electrons. The summed E-state index contributed by atoms with van der Waals surface area (Å²) in [5.41, 5.74) is 0.629. The van der Waals surface area contributed by atoms with Crippen LogP contribution in [0.15, 0.2) is 6.20 Å². The fourth-order valence-corrected chi connectivity index (χ4v) is 1.11. The van der Waals surface area contributed by atoms with Crippen LogP contribution < -0.4 is 0 Å². The predicted molar refractivity (Wildman–Crippen MR) is 49.1 cm³/mol. The first-order chi connectivity index (χ1) is 6.65. The molecule has 0 spiro atoms. The Bertz CT molecular complexity index is 348. The number of nitrogens with one attached hydrogen (secondary N) is 1. The summed E-state index contributed by atoms with van der Waals surface area (Å²) in [4.78, 5) is 21.9. The molecule has 0 saturated heterocycles. The SMILES string of the molecule is CCOC(=O)c1cn[nH]c1CC(=O)Cl. The van der Waals surface area contributed by atoms with E-state index in [0.717, 1.165) is 0 Å². The van der Waals surface area contributed by atoms with E-state index in [1.54, 1.807) is 6.92 Å². The minimum atomic E-state index is -0.556. The first-order valence-corrected chi connectivity index (χ1v) is 4.40. The van der Waals surface area contributed by atoms with Crippen LogP contribution in [0.25, 0.3) is 0 Å². The van der Waals surface area contributed by atoms with E-state index in [0.29, 0.717) is 5.69 Å². The zero-order chi connectivity index (χ0) is 10.6. The van der Waals surface area contributed by atoms with Gasteiger partial charge in [-0.2, -0.15) is 5.10 Å². The van der Waals surface area contributed by atoms with Crippen molar-refractivity contribution in [2.75, 3.05) is 6.61 Å². The lowest BCUT2D eigenvalue weighted by atomic mass is 10.2. The monoisotopic (exact) mass is 216 g/mol. The van der Waals surface area contributed by atoms with Gasteiger partial charge in [-0.3, -0.25) is 9.89 Å². The standard InChI is InChI=1S/C8H9ClN2O3/c1-2-14-8(13)5-4-10-11-6(5)3-7(9)12/h4H,2-3H2,1H3,(H,10,11).